The van der Waals surface area contributed by atoms with Crippen molar-refractivity contribution < 1.29 is 8.42 Å². The van der Waals surface area contributed by atoms with E-state index in [9.17, 15) is 8.42 Å². The lowest BCUT2D eigenvalue weighted by Crippen LogP contribution is -2.36. The van der Waals surface area contributed by atoms with E-state index in [0.29, 0.717) is 24.1 Å². The molecule has 4 heteroatoms. The molecule has 1 fully saturated rings. The molecule has 0 radical (unpaired) electrons. The van der Waals surface area contributed by atoms with Crippen LogP contribution in [0.4, 0.5) is 0 Å². The van der Waals surface area contributed by atoms with Crippen molar-refractivity contribution in [2.24, 2.45) is 5.92 Å². The zero-order chi connectivity index (χ0) is 13.4. The zero-order valence-electron chi connectivity index (χ0n) is 12.0. The molecule has 0 saturated heterocycles. The van der Waals surface area contributed by atoms with Crippen molar-refractivity contribution in [3.05, 3.63) is 0 Å². The molecule has 1 aliphatic rings. The first-order valence-electron chi connectivity index (χ1n) is 7.51. The Morgan fingerprint density at radius 2 is 1.67 bits per heavy atom. The van der Waals surface area contributed by atoms with Crippen molar-refractivity contribution in [3.63, 3.8) is 0 Å². The second-order valence-electron chi connectivity index (χ2n) is 5.61. The van der Waals surface area contributed by atoms with Gasteiger partial charge in [0, 0.05) is 18.3 Å². The minimum Gasteiger partial charge on any atom is -0.313 e. The Morgan fingerprint density at radius 1 is 1.00 bits per heavy atom. The van der Waals surface area contributed by atoms with Gasteiger partial charge in [-0.3, -0.25) is 0 Å². The summed E-state index contributed by atoms with van der Waals surface area (Å²) < 4.78 is 23.1. The summed E-state index contributed by atoms with van der Waals surface area (Å²) in [5.41, 5.74) is 0. The van der Waals surface area contributed by atoms with Crippen LogP contribution in [0, 0.1) is 5.92 Å². The third kappa shape index (κ3) is 6.19. The van der Waals surface area contributed by atoms with Crippen molar-refractivity contribution in [1.82, 2.24) is 5.32 Å². The molecule has 0 unspecified atom stereocenters. The van der Waals surface area contributed by atoms with Gasteiger partial charge < -0.3 is 5.32 Å². The maximum atomic E-state index is 11.6. The molecule has 0 amide bonds. The SMILES string of the molecule is CCCC1CCC(NCCS(=O)(=O)CCC)CC1. The van der Waals surface area contributed by atoms with E-state index in [4.69, 9.17) is 0 Å². The van der Waals surface area contributed by atoms with E-state index < -0.39 is 9.84 Å². The van der Waals surface area contributed by atoms with Crippen LogP contribution in [0.1, 0.15) is 58.8 Å². The summed E-state index contributed by atoms with van der Waals surface area (Å²) in [5, 5.41) is 3.42. The first-order valence-corrected chi connectivity index (χ1v) is 9.33. The van der Waals surface area contributed by atoms with E-state index in [0.717, 1.165) is 12.3 Å². The van der Waals surface area contributed by atoms with E-state index >= 15 is 0 Å². The van der Waals surface area contributed by atoms with Crippen LogP contribution in [0.3, 0.4) is 0 Å². The van der Waals surface area contributed by atoms with Crippen LogP contribution in [0.15, 0.2) is 0 Å². The molecule has 0 atom stereocenters. The lowest BCUT2D eigenvalue weighted by Gasteiger charge is -2.29. The number of rotatable bonds is 8. The van der Waals surface area contributed by atoms with Gasteiger partial charge in [0.15, 0.2) is 9.84 Å². The number of nitrogens with one attached hydrogen (secondary N) is 1. The fourth-order valence-corrected chi connectivity index (χ4v) is 4.15. The van der Waals surface area contributed by atoms with Crippen LogP contribution in [0.25, 0.3) is 0 Å². The van der Waals surface area contributed by atoms with Gasteiger partial charge in [-0.2, -0.15) is 0 Å². The third-order valence-electron chi connectivity index (χ3n) is 3.90. The third-order valence-corrected chi connectivity index (χ3v) is 5.76. The van der Waals surface area contributed by atoms with E-state index in [1.54, 1.807) is 0 Å². The van der Waals surface area contributed by atoms with Crippen LogP contribution < -0.4 is 5.32 Å². The monoisotopic (exact) mass is 275 g/mol. The number of hydrogen-bond donors (Lipinski definition) is 1. The molecule has 1 saturated carbocycles. The Hall–Kier alpha value is -0.0900. The molecule has 0 heterocycles. The summed E-state index contributed by atoms with van der Waals surface area (Å²) in [4.78, 5) is 0. The van der Waals surface area contributed by atoms with Gasteiger partial charge in [0.25, 0.3) is 0 Å². The summed E-state index contributed by atoms with van der Waals surface area (Å²) in [5.74, 6) is 1.55. The predicted octanol–water partition coefficient (Wildman–Crippen LogP) is 2.76. The van der Waals surface area contributed by atoms with Crippen molar-refractivity contribution in [1.29, 1.82) is 0 Å². The predicted molar refractivity (Wildman–Crippen MR) is 77.6 cm³/mol. The van der Waals surface area contributed by atoms with Crippen molar-refractivity contribution in [2.45, 2.75) is 64.8 Å². The van der Waals surface area contributed by atoms with Crippen LogP contribution >= 0.6 is 0 Å². The Kier molecular flexibility index (Phi) is 7.23. The quantitative estimate of drug-likeness (QED) is 0.741. The maximum Gasteiger partial charge on any atom is 0.151 e. The molecule has 1 N–H and O–H groups in total. The highest BCUT2D eigenvalue weighted by Gasteiger charge is 2.20. The topological polar surface area (TPSA) is 46.2 Å². The van der Waals surface area contributed by atoms with Gasteiger partial charge in [-0.25, -0.2) is 8.42 Å². The highest BCUT2D eigenvalue weighted by molar-refractivity contribution is 7.91. The van der Waals surface area contributed by atoms with Gasteiger partial charge in [0.2, 0.25) is 0 Å². The zero-order valence-corrected chi connectivity index (χ0v) is 12.8. The van der Waals surface area contributed by atoms with Crippen LogP contribution in [0.5, 0.6) is 0 Å². The summed E-state index contributed by atoms with van der Waals surface area (Å²) >= 11 is 0. The maximum absolute atomic E-state index is 11.6. The minimum atomic E-state index is -2.81. The smallest absolute Gasteiger partial charge is 0.151 e. The van der Waals surface area contributed by atoms with E-state index in [-0.39, 0.29) is 0 Å². The molecule has 0 aromatic rings. The normalized spacial score (nSPS) is 25.2. The Bertz CT molecular complexity index is 306. The first-order chi connectivity index (χ1) is 8.57. The molecule has 1 rings (SSSR count). The molecule has 1 aliphatic carbocycles. The second kappa shape index (κ2) is 8.16. The van der Waals surface area contributed by atoms with Crippen LogP contribution in [-0.4, -0.2) is 32.5 Å². The van der Waals surface area contributed by atoms with Gasteiger partial charge in [0.05, 0.1) is 5.75 Å². The summed E-state index contributed by atoms with van der Waals surface area (Å²) in [6.45, 7) is 4.80. The standard InChI is InChI=1S/C14H29NO2S/c1-3-5-13-6-8-14(9-7-13)15-10-12-18(16,17)11-4-2/h13-15H,3-12H2,1-2H3. The molecule has 0 aromatic heterocycles. The molecule has 0 aromatic carbocycles. The molecular weight excluding hydrogens is 246 g/mol. The highest BCUT2D eigenvalue weighted by atomic mass is 32.2. The van der Waals surface area contributed by atoms with E-state index in [1.807, 2.05) is 6.92 Å². The summed E-state index contributed by atoms with van der Waals surface area (Å²) in [6.07, 6.45) is 8.44. The molecule has 3 nitrogen and oxygen atoms in total. The largest absolute Gasteiger partial charge is 0.313 e. The fraction of sp³-hybridized carbons (Fsp3) is 1.00. The minimum absolute atomic E-state index is 0.301. The lowest BCUT2D eigenvalue weighted by molar-refractivity contribution is 0.281. The Morgan fingerprint density at radius 3 is 2.22 bits per heavy atom. The average Bonchev–Trinajstić information content (AvgIpc) is 2.31. The highest BCUT2D eigenvalue weighted by Crippen LogP contribution is 2.27. The van der Waals surface area contributed by atoms with E-state index in [2.05, 4.69) is 12.2 Å². The van der Waals surface area contributed by atoms with Crippen molar-refractivity contribution >= 4 is 9.84 Å². The van der Waals surface area contributed by atoms with Crippen LogP contribution in [-0.2, 0) is 9.84 Å². The Balaban J connectivity index is 2.14. The second-order valence-corrected chi connectivity index (χ2v) is 7.92. The summed E-state index contributed by atoms with van der Waals surface area (Å²) in [7, 11) is -2.81. The fourth-order valence-electron chi connectivity index (χ4n) is 2.90. The number of hydrogen-bond acceptors (Lipinski definition) is 3. The lowest BCUT2D eigenvalue weighted by atomic mass is 9.83. The van der Waals surface area contributed by atoms with Gasteiger partial charge in [-0.15, -0.1) is 0 Å². The molecule has 108 valence electrons. The van der Waals surface area contributed by atoms with Gasteiger partial charge >= 0.3 is 0 Å². The molecule has 0 bridgehead atoms. The summed E-state index contributed by atoms with van der Waals surface area (Å²) in [6, 6.07) is 0.551. The molecule has 18 heavy (non-hydrogen) atoms. The molecule has 0 aliphatic heterocycles. The van der Waals surface area contributed by atoms with Gasteiger partial charge in [-0.1, -0.05) is 26.7 Å². The van der Waals surface area contributed by atoms with Gasteiger partial charge in [-0.05, 0) is 38.0 Å². The van der Waals surface area contributed by atoms with E-state index in [1.165, 1.54) is 38.5 Å². The number of sulfone groups is 1. The molecular formula is C14H29NO2S. The van der Waals surface area contributed by atoms with Crippen LogP contribution in [0.2, 0.25) is 0 Å². The van der Waals surface area contributed by atoms with Gasteiger partial charge in [0.1, 0.15) is 0 Å². The van der Waals surface area contributed by atoms with Crippen molar-refractivity contribution in [2.75, 3.05) is 18.1 Å². The average molecular weight is 275 g/mol. The molecule has 0 spiro atoms. The van der Waals surface area contributed by atoms with Crippen molar-refractivity contribution in [3.8, 4) is 0 Å². The first kappa shape index (κ1) is 16.0. The Labute approximate surface area is 113 Å².